The molecule has 2 atom stereocenters. The van der Waals surface area contributed by atoms with E-state index in [0.717, 1.165) is 53.9 Å². The Bertz CT molecular complexity index is 1400. The van der Waals surface area contributed by atoms with Crippen molar-refractivity contribution >= 4 is 23.1 Å². The van der Waals surface area contributed by atoms with E-state index in [9.17, 15) is 4.79 Å². The van der Waals surface area contributed by atoms with Crippen molar-refractivity contribution in [3.05, 3.63) is 77.1 Å². The van der Waals surface area contributed by atoms with E-state index in [1.54, 1.807) is 34.6 Å². The molecule has 2 aliphatic rings. The van der Waals surface area contributed by atoms with Gasteiger partial charge in [0.2, 0.25) is 11.9 Å². The Hall–Kier alpha value is -3.96. The number of ether oxygens (including phenoxy) is 2. The average molecular weight is 546 g/mol. The van der Waals surface area contributed by atoms with Gasteiger partial charge in [-0.05, 0) is 42.1 Å². The maximum atomic E-state index is 13.2. The van der Waals surface area contributed by atoms with Crippen LogP contribution < -0.4 is 19.7 Å². The Kier molecular flexibility index (Phi) is 7.42. The van der Waals surface area contributed by atoms with Gasteiger partial charge in [-0.15, -0.1) is 11.3 Å². The van der Waals surface area contributed by atoms with E-state index >= 15 is 0 Å². The van der Waals surface area contributed by atoms with Crippen LogP contribution in [0.4, 0.5) is 5.82 Å². The van der Waals surface area contributed by atoms with Crippen LogP contribution in [0.25, 0.3) is 5.95 Å². The number of aromatic nitrogens is 4. The summed E-state index contributed by atoms with van der Waals surface area (Å²) in [6.45, 7) is 6.23. The lowest BCUT2D eigenvalue weighted by atomic mass is 10.1. The summed E-state index contributed by atoms with van der Waals surface area (Å²) in [6.07, 6.45) is 7.32. The van der Waals surface area contributed by atoms with Gasteiger partial charge in [0.15, 0.2) is 11.5 Å². The molecular formula is C28H31N7O3S. The van der Waals surface area contributed by atoms with Gasteiger partial charge < -0.3 is 19.7 Å². The molecule has 1 fully saturated rings. The molecule has 5 heterocycles. The lowest BCUT2D eigenvalue weighted by Gasteiger charge is -2.42. The quantitative estimate of drug-likeness (QED) is 0.360. The second-order valence-electron chi connectivity index (χ2n) is 9.75. The topological polar surface area (TPSA) is 97.6 Å². The zero-order chi connectivity index (χ0) is 26.6. The van der Waals surface area contributed by atoms with Gasteiger partial charge >= 0.3 is 0 Å². The van der Waals surface area contributed by atoms with Crippen LogP contribution in [0.1, 0.15) is 29.8 Å². The Labute approximate surface area is 231 Å². The summed E-state index contributed by atoms with van der Waals surface area (Å²) in [5.41, 5.74) is 1.16. The number of imidazole rings is 1. The molecule has 1 saturated heterocycles. The van der Waals surface area contributed by atoms with E-state index in [-0.39, 0.29) is 18.0 Å². The highest BCUT2D eigenvalue weighted by Gasteiger charge is 2.31. The fourth-order valence-electron chi connectivity index (χ4n) is 5.11. The molecule has 0 radical (unpaired) electrons. The van der Waals surface area contributed by atoms with Gasteiger partial charge in [-0.1, -0.05) is 12.1 Å². The first kappa shape index (κ1) is 25.3. The van der Waals surface area contributed by atoms with Crippen molar-refractivity contribution in [3.63, 3.8) is 0 Å². The average Bonchev–Trinajstić information content (AvgIpc) is 3.69. The third-order valence-corrected chi connectivity index (χ3v) is 8.06. The highest BCUT2D eigenvalue weighted by Crippen LogP contribution is 2.32. The summed E-state index contributed by atoms with van der Waals surface area (Å²) >= 11 is 1.65. The van der Waals surface area contributed by atoms with Crippen molar-refractivity contribution in [2.75, 3.05) is 37.7 Å². The fraction of sp³-hybridized carbons (Fsp3) is 0.357. The second-order valence-corrected chi connectivity index (χ2v) is 10.7. The third kappa shape index (κ3) is 5.89. The van der Waals surface area contributed by atoms with Gasteiger partial charge in [0.1, 0.15) is 25.4 Å². The van der Waals surface area contributed by atoms with E-state index in [0.29, 0.717) is 25.6 Å². The Morgan fingerprint density at radius 3 is 2.87 bits per heavy atom. The summed E-state index contributed by atoms with van der Waals surface area (Å²) in [5.74, 6) is 2.97. The van der Waals surface area contributed by atoms with Gasteiger partial charge in [-0.3, -0.25) is 14.3 Å². The van der Waals surface area contributed by atoms with Crippen molar-refractivity contribution < 1.29 is 14.3 Å². The van der Waals surface area contributed by atoms with Crippen LogP contribution in [0, 0.1) is 0 Å². The van der Waals surface area contributed by atoms with Crippen molar-refractivity contribution in [1.82, 2.24) is 29.7 Å². The molecule has 0 aliphatic carbocycles. The predicted molar refractivity (Wildman–Crippen MR) is 148 cm³/mol. The van der Waals surface area contributed by atoms with E-state index < -0.39 is 0 Å². The summed E-state index contributed by atoms with van der Waals surface area (Å²) in [4.78, 5) is 32.4. The predicted octanol–water partition coefficient (Wildman–Crippen LogP) is 3.45. The number of carbonyl (C=O) groups excluding carboxylic acids is 1. The van der Waals surface area contributed by atoms with Crippen LogP contribution in [0.15, 0.2) is 66.7 Å². The maximum absolute atomic E-state index is 13.2. The zero-order valence-electron chi connectivity index (χ0n) is 21.8. The summed E-state index contributed by atoms with van der Waals surface area (Å²) in [6, 6.07) is 12.0. The maximum Gasteiger partial charge on any atom is 0.236 e. The molecule has 1 amide bonds. The lowest BCUT2D eigenvalue weighted by Crippen LogP contribution is -2.54. The van der Waals surface area contributed by atoms with Crippen LogP contribution >= 0.6 is 11.3 Å². The minimum absolute atomic E-state index is 0.0240. The number of piperazine rings is 1. The smallest absolute Gasteiger partial charge is 0.236 e. The first-order valence-electron chi connectivity index (χ1n) is 13.1. The molecule has 202 valence electrons. The molecule has 0 saturated carbocycles. The van der Waals surface area contributed by atoms with Gasteiger partial charge in [-0.25, -0.2) is 9.97 Å². The molecule has 1 aromatic carbocycles. The molecule has 3 aromatic heterocycles. The monoisotopic (exact) mass is 545 g/mol. The summed E-state index contributed by atoms with van der Waals surface area (Å²) in [5, 5.41) is 5.22. The number of thiophene rings is 1. The molecule has 0 bridgehead atoms. The molecule has 2 aliphatic heterocycles. The first-order chi connectivity index (χ1) is 19.1. The number of amides is 1. The highest BCUT2D eigenvalue weighted by molar-refractivity contribution is 7.10. The van der Waals surface area contributed by atoms with Gasteiger partial charge in [-0.2, -0.15) is 4.98 Å². The van der Waals surface area contributed by atoms with Crippen LogP contribution in [0.2, 0.25) is 0 Å². The van der Waals surface area contributed by atoms with Gasteiger partial charge in [0, 0.05) is 56.1 Å². The fourth-order valence-corrected chi connectivity index (χ4v) is 5.84. The van der Waals surface area contributed by atoms with E-state index in [4.69, 9.17) is 14.5 Å². The SMILES string of the molecule is CC(NC(=O)CC1CN(Cc2ccc3c(c2)OCCO3)CCN1c1ccnc(-n2ccnc2)n1)c1cccs1. The first-order valence-corrected chi connectivity index (χ1v) is 14.0. The van der Waals surface area contributed by atoms with Gasteiger partial charge in [0.05, 0.1) is 12.1 Å². The van der Waals surface area contributed by atoms with Crippen LogP contribution in [0.3, 0.4) is 0 Å². The largest absolute Gasteiger partial charge is 0.486 e. The van der Waals surface area contributed by atoms with Crippen LogP contribution in [-0.4, -0.2) is 69.2 Å². The number of nitrogens with zero attached hydrogens (tertiary/aromatic N) is 6. The lowest BCUT2D eigenvalue weighted by molar-refractivity contribution is -0.122. The molecule has 6 rings (SSSR count). The summed E-state index contributed by atoms with van der Waals surface area (Å²) < 4.78 is 13.3. The zero-order valence-corrected chi connectivity index (χ0v) is 22.6. The van der Waals surface area contributed by atoms with Crippen molar-refractivity contribution in [1.29, 1.82) is 0 Å². The van der Waals surface area contributed by atoms with E-state index in [1.807, 2.05) is 36.7 Å². The number of rotatable bonds is 8. The van der Waals surface area contributed by atoms with Crippen molar-refractivity contribution in [3.8, 4) is 17.4 Å². The number of benzene rings is 1. The van der Waals surface area contributed by atoms with Crippen LogP contribution in [0.5, 0.6) is 11.5 Å². The molecular weight excluding hydrogens is 514 g/mol. The van der Waals surface area contributed by atoms with Crippen LogP contribution in [-0.2, 0) is 11.3 Å². The molecule has 0 spiro atoms. The third-order valence-electron chi connectivity index (χ3n) is 7.01. The number of nitrogens with one attached hydrogen (secondary N) is 1. The van der Waals surface area contributed by atoms with Crippen molar-refractivity contribution in [2.24, 2.45) is 0 Å². The summed E-state index contributed by atoms with van der Waals surface area (Å²) in [7, 11) is 0. The van der Waals surface area contributed by atoms with E-state index in [1.165, 1.54) is 0 Å². The number of fused-ring (bicyclic) bond motifs is 1. The molecule has 39 heavy (non-hydrogen) atoms. The molecule has 11 heteroatoms. The number of hydrogen-bond acceptors (Lipinski definition) is 9. The number of anilines is 1. The molecule has 10 nitrogen and oxygen atoms in total. The van der Waals surface area contributed by atoms with Gasteiger partial charge in [0.25, 0.3) is 0 Å². The Morgan fingerprint density at radius 1 is 1.15 bits per heavy atom. The normalized spacial score (nSPS) is 18.1. The molecule has 2 unspecified atom stereocenters. The number of hydrogen-bond donors (Lipinski definition) is 1. The highest BCUT2D eigenvalue weighted by atomic mass is 32.1. The second kappa shape index (κ2) is 11.4. The minimum Gasteiger partial charge on any atom is -0.486 e. The van der Waals surface area contributed by atoms with Crippen molar-refractivity contribution in [2.45, 2.75) is 32.0 Å². The Morgan fingerprint density at radius 2 is 2.05 bits per heavy atom. The number of carbonyl (C=O) groups is 1. The molecule has 1 N–H and O–H groups in total. The minimum atomic E-state index is -0.0583. The molecule has 4 aromatic rings. The standard InChI is InChI=1S/C28H31N7O3S/c1-20(25-3-2-14-39-25)31-27(36)16-22-18-33(17-21-4-5-23-24(15-21)38-13-12-37-23)10-11-35(22)26-6-7-30-28(32-26)34-9-8-29-19-34/h2-9,14-15,19-20,22H,10-13,16-18H2,1H3,(H,31,36). The Balaban J connectivity index is 1.20. The van der Waals surface area contributed by atoms with E-state index in [2.05, 4.69) is 43.3 Å².